The molecule has 1 aliphatic rings. The number of hydrogen-bond acceptors (Lipinski definition) is 2. The van der Waals surface area contributed by atoms with Gasteiger partial charge in [-0.15, -0.1) is 0 Å². The Bertz CT molecular complexity index is 522. The van der Waals surface area contributed by atoms with E-state index in [0.29, 0.717) is 12.0 Å². The van der Waals surface area contributed by atoms with E-state index in [1.807, 2.05) is 13.8 Å². The summed E-state index contributed by atoms with van der Waals surface area (Å²) >= 11 is 0. The summed E-state index contributed by atoms with van der Waals surface area (Å²) in [5.41, 5.74) is 0.294. The Kier molecular flexibility index (Phi) is 4.77. The molecule has 21 heavy (non-hydrogen) atoms. The summed E-state index contributed by atoms with van der Waals surface area (Å²) in [7, 11) is 0. The van der Waals surface area contributed by atoms with Crippen LogP contribution in [-0.2, 0) is 0 Å². The van der Waals surface area contributed by atoms with Crippen molar-refractivity contribution in [2.24, 2.45) is 5.92 Å². The zero-order valence-corrected chi connectivity index (χ0v) is 12.1. The topological polar surface area (TPSA) is 61.4 Å². The van der Waals surface area contributed by atoms with Gasteiger partial charge in [0.2, 0.25) is 0 Å². The molecule has 3 atom stereocenters. The van der Waals surface area contributed by atoms with Crippen molar-refractivity contribution in [1.29, 1.82) is 0 Å². The molecule has 4 nitrogen and oxygen atoms in total. The molecule has 1 aliphatic carbocycles. The van der Waals surface area contributed by atoms with E-state index in [0.717, 1.165) is 6.07 Å². The number of urea groups is 1. The number of halogens is 2. The highest BCUT2D eigenvalue weighted by Gasteiger charge is 2.41. The first-order valence-electron chi connectivity index (χ1n) is 7.05. The molecule has 1 aromatic carbocycles. The number of hydrogen-bond donors (Lipinski definition) is 3. The maximum absolute atomic E-state index is 13.6. The summed E-state index contributed by atoms with van der Waals surface area (Å²) in [4.78, 5) is 11.8. The van der Waals surface area contributed by atoms with Crippen LogP contribution >= 0.6 is 0 Å². The van der Waals surface area contributed by atoms with Gasteiger partial charge in [-0.05, 0) is 24.0 Å². The largest absolute Gasteiger partial charge is 0.394 e. The van der Waals surface area contributed by atoms with E-state index < -0.39 is 17.7 Å². The molecule has 0 aliphatic heterocycles. The lowest BCUT2D eigenvalue weighted by Gasteiger charge is -2.20. The summed E-state index contributed by atoms with van der Waals surface area (Å²) < 4.78 is 26.8. The molecule has 1 fully saturated rings. The molecule has 0 aromatic heterocycles. The second kappa shape index (κ2) is 6.39. The lowest BCUT2D eigenvalue weighted by molar-refractivity contribution is 0.198. The Balaban J connectivity index is 1.89. The van der Waals surface area contributed by atoms with E-state index >= 15 is 0 Å². The fourth-order valence-electron chi connectivity index (χ4n) is 2.31. The quantitative estimate of drug-likeness (QED) is 0.780. The van der Waals surface area contributed by atoms with Gasteiger partial charge in [0.05, 0.1) is 12.6 Å². The van der Waals surface area contributed by atoms with Gasteiger partial charge in [0.15, 0.2) is 11.6 Å². The third-order valence-electron chi connectivity index (χ3n) is 3.81. The summed E-state index contributed by atoms with van der Waals surface area (Å²) in [5, 5.41) is 14.5. The van der Waals surface area contributed by atoms with E-state index in [9.17, 15) is 13.6 Å². The Morgan fingerprint density at radius 3 is 2.76 bits per heavy atom. The summed E-state index contributed by atoms with van der Waals surface area (Å²) in [6, 6.07) is 3.15. The number of carbonyl (C=O) groups excluding carboxylic acids is 1. The van der Waals surface area contributed by atoms with E-state index in [1.54, 1.807) is 0 Å². The van der Waals surface area contributed by atoms with Gasteiger partial charge in [0.25, 0.3) is 0 Å². The van der Waals surface area contributed by atoms with Gasteiger partial charge < -0.3 is 15.7 Å². The van der Waals surface area contributed by atoms with E-state index in [-0.39, 0.29) is 30.5 Å². The van der Waals surface area contributed by atoms with Crippen LogP contribution in [0.4, 0.5) is 13.6 Å². The Morgan fingerprint density at radius 1 is 1.43 bits per heavy atom. The summed E-state index contributed by atoms with van der Waals surface area (Å²) in [6.45, 7) is 3.64. The first-order chi connectivity index (χ1) is 9.93. The molecule has 0 radical (unpaired) electrons. The predicted octanol–water partition coefficient (Wildman–Crippen LogP) is 2.14. The van der Waals surface area contributed by atoms with Crippen LogP contribution in [0.2, 0.25) is 0 Å². The molecule has 3 N–H and O–H groups in total. The standard InChI is InChI=1S/C15H20F2N2O2/c1-8(2)13(7-20)19-15(21)18-12-6-10(12)9-4-3-5-11(16)14(9)17/h3-5,8,10,12-13,20H,6-7H2,1-2H3,(H2,18,19,21)/t10-,12-,13+/m0/s1. The van der Waals surface area contributed by atoms with Crippen molar-refractivity contribution >= 4 is 6.03 Å². The molecule has 1 saturated carbocycles. The second-order valence-electron chi connectivity index (χ2n) is 5.74. The van der Waals surface area contributed by atoms with Crippen LogP contribution in [0.1, 0.15) is 31.7 Å². The van der Waals surface area contributed by atoms with E-state index in [4.69, 9.17) is 5.11 Å². The maximum Gasteiger partial charge on any atom is 0.315 e. The SMILES string of the molecule is CC(C)[C@@H](CO)NC(=O)N[C@H]1C[C@H]1c1cccc(F)c1F. The van der Waals surface area contributed by atoms with Crippen molar-refractivity contribution in [3.05, 3.63) is 35.4 Å². The molecule has 1 aromatic rings. The normalized spacial score (nSPS) is 22.0. The number of benzene rings is 1. The van der Waals surface area contributed by atoms with Gasteiger partial charge >= 0.3 is 6.03 Å². The van der Waals surface area contributed by atoms with Crippen LogP contribution in [0.5, 0.6) is 0 Å². The van der Waals surface area contributed by atoms with Crippen LogP contribution in [-0.4, -0.2) is 29.8 Å². The molecule has 2 rings (SSSR count). The Hall–Kier alpha value is -1.69. The van der Waals surface area contributed by atoms with Crippen molar-refractivity contribution in [1.82, 2.24) is 10.6 Å². The van der Waals surface area contributed by atoms with Crippen LogP contribution in [0.15, 0.2) is 18.2 Å². The Labute approximate surface area is 122 Å². The van der Waals surface area contributed by atoms with Gasteiger partial charge in [0.1, 0.15) is 0 Å². The number of rotatable bonds is 5. The number of aliphatic hydroxyl groups is 1. The van der Waals surface area contributed by atoms with Gasteiger partial charge in [0, 0.05) is 12.0 Å². The molecule has 0 heterocycles. The fourth-order valence-corrected chi connectivity index (χ4v) is 2.31. The molecule has 0 bridgehead atoms. The van der Waals surface area contributed by atoms with Crippen molar-refractivity contribution in [3.8, 4) is 0 Å². The molecule has 0 spiro atoms. The average molecular weight is 298 g/mol. The smallest absolute Gasteiger partial charge is 0.315 e. The van der Waals surface area contributed by atoms with Crippen LogP contribution in [0.25, 0.3) is 0 Å². The number of amides is 2. The zero-order valence-electron chi connectivity index (χ0n) is 12.1. The van der Waals surface area contributed by atoms with E-state index in [1.165, 1.54) is 12.1 Å². The molecule has 0 unspecified atom stereocenters. The highest BCUT2D eigenvalue weighted by Crippen LogP contribution is 2.42. The predicted molar refractivity (Wildman–Crippen MR) is 74.9 cm³/mol. The maximum atomic E-state index is 13.6. The Morgan fingerprint density at radius 2 is 2.14 bits per heavy atom. The third-order valence-corrected chi connectivity index (χ3v) is 3.81. The molecular weight excluding hydrogens is 278 g/mol. The van der Waals surface area contributed by atoms with Crippen molar-refractivity contribution in [3.63, 3.8) is 0 Å². The highest BCUT2D eigenvalue weighted by molar-refractivity contribution is 5.75. The number of carbonyl (C=O) groups is 1. The van der Waals surface area contributed by atoms with Crippen LogP contribution in [0, 0.1) is 17.6 Å². The van der Waals surface area contributed by atoms with Crippen molar-refractivity contribution in [2.75, 3.05) is 6.61 Å². The minimum absolute atomic E-state index is 0.108. The number of nitrogens with one attached hydrogen (secondary N) is 2. The molecule has 2 amide bonds. The van der Waals surface area contributed by atoms with Crippen molar-refractivity contribution < 1.29 is 18.7 Å². The zero-order chi connectivity index (χ0) is 15.6. The second-order valence-corrected chi connectivity index (χ2v) is 5.74. The highest BCUT2D eigenvalue weighted by atomic mass is 19.2. The number of aliphatic hydroxyl groups excluding tert-OH is 1. The molecule has 116 valence electrons. The van der Waals surface area contributed by atoms with E-state index in [2.05, 4.69) is 10.6 Å². The average Bonchev–Trinajstić information content (AvgIpc) is 3.17. The lowest BCUT2D eigenvalue weighted by atomic mass is 10.1. The van der Waals surface area contributed by atoms with Gasteiger partial charge in [-0.3, -0.25) is 0 Å². The fraction of sp³-hybridized carbons (Fsp3) is 0.533. The minimum Gasteiger partial charge on any atom is -0.394 e. The lowest BCUT2D eigenvalue weighted by Crippen LogP contribution is -2.47. The first-order valence-corrected chi connectivity index (χ1v) is 7.05. The monoisotopic (exact) mass is 298 g/mol. The molecule has 6 heteroatoms. The summed E-state index contributed by atoms with van der Waals surface area (Å²) in [6.07, 6.45) is 0.583. The third kappa shape index (κ3) is 3.69. The molecule has 0 saturated heterocycles. The van der Waals surface area contributed by atoms with Gasteiger partial charge in [-0.2, -0.15) is 0 Å². The van der Waals surface area contributed by atoms with Crippen molar-refractivity contribution in [2.45, 2.75) is 38.3 Å². The molecular formula is C15H20F2N2O2. The van der Waals surface area contributed by atoms with Crippen LogP contribution in [0.3, 0.4) is 0 Å². The summed E-state index contributed by atoms with van der Waals surface area (Å²) in [5.74, 6) is -1.81. The minimum atomic E-state index is -0.872. The van der Waals surface area contributed by atoms with Gasteiger partial charge in [-0.1, -0.05) is 26.0 Å². The first kappa shape index (κ1) is 15.7. The van der Waals surface area contributed by atoms with Gasteiger partial charge in [-0.25, -0.2) is 13.6 Å². The van der Waals surface area contributed by atoms with Crippen LogP contribution < -0.4 is 10.6 Å².